The molecule has 11 heavy (non-hydrogen) atoms. The summed E-state index contributed by atoms with van der Waals surface area (Å²) in [5.74, 6) is 0. The van der Waals surface area contributed by atoms with Gasteiger partial charge >= 0.3 is 0 Å². The number of nitrogens with zero attached hydrogens (tertiary/aromatic N) is 1. The smallest absolute Gasteiger partial charge is 0.0658 e. The van der Waals surface area contributed by atoms with Crippen molar-refractivity contribution in [3.63, 3.8) is 0 Å². The third kappa shape index (κ3) is 1.90. The van der Waals surface area contributed by atoms with Crippen molar-refractivity contribution in [2.75, 3.05) is 0 Å². The van der Waals surface area contributed by atoms with Gasteiger partial charge in [-0.25, -0.2) is 0 Å². The number of hydrogen-bond donors (Lipinski definition) is 0. The molecule has 58 valence electrons. The van der Waals surface area contributed by atoms with Gasteiger partial charge in [-0.2, -0.15) is 0 Å². The van der Waals surface area contributed by atoms with Crippen LogP contribution >= 0.6 is 0 Å². The summed E-state index contributed by atoms with van der Waals surface area (Å²) in [6.45, 7) is 6.30. The number of aromatic nitrogens is 1. The highest BCUT2D eigenvalue weighted by Crippen LogP contribution is 2.13. The number of rotatable bonds is 1. The molecule has 1 aromatic heterocycles. The second-order valence-corrected chi connectivity index (χ2v) is 2.84. The van der Waals surface area contributed by atoms with Crippen molar-refractivity contribution in [2.45, 2.75) is 20.8 Å². The van der Waals surface area contributed by atoms with Gasteiger partial charge < -0.3 is 0 Å². The van der Waals surface area contributed by atoms with Gasteiger partial charge in [0.25, 0.3) is 0 Å². The Balaban J connectivity index is 3.04. The number of allylic oxidation sites excluding steroid dienone is 2. The van der Waals surface area contributed by atoms with Crippen LogP contribution in [0.1, 0.15) is 26.5 Å². The average molecular weight is 147 g/mol. The molecule has 0 aliphatic heterocycles. The summed E-state index contributed by atoms with van der Waals surface area (Å²) in [7, 11) is 0. The minimum Gasteiger partial charge on any atom is -0.257 e. The molecule has 0 radical (unpaired) electrons. The first kappa shape index (κ1) is 7.99. The van der Waals surface area contributed by atoms with Crippen molar-refractivity contribution in [3.8, 4) is 0 Å². The zero-order valence-electron chi connectivity index (χ0n) is 7.26. The topological polar surface area (TPSA) is 12.9 Å². The van der Waals surface area contributed by atoms with Crippen LogP contribution in [0.15, 0.2) is 30.0 Å². The normalized spacial score (nSPS) is 9.36. The molecular formula is C10H13N. The second-order valence-electron chi connectivity index (χ2n) is 2.84. The first-order chi connectivity index (χ1) is 5.22. The summed E-state index contributed by atoms with van der Waals surface area (Å²) in [6.07, 6.45) is 1.82. The minimum atomic E-state index is 1.08. The van der Waals surface area contributed by atoms with E-state index in [1.807, 2.05) is 24.4 Å². The van der Waals surface area contributed by atoms with Crippen molar-refractivity contribution in [1.82, 2.24) is 4.98 Å². The molecule has 0 aliphatic rings. The van der Waals surface area contributed by atoms with E-state index in [9.17, 15) is 0 Å². The highest BCUT2D eigenvalue weighted by atomic mass is 14.7. The Kier molecular flexibility index (Phi) is 2.42. The van der Waals surface area contributed by atoms with E-state index in [2.05, 4.69) is 25.8 Å². The van der Waals surface area contributed by atoms with E-state index in [0.29, 0.717) is 0 Å². The Labute approximate surface area is 67.8 Å². The molecule has 0 unspecified atom stereocenters. The Morgan fingerprint density at radius 1 is 1.18 bits per heavy atom. The maximum absolute atomic E-state index is 4.24. The predicted molar refractivity (Wildman–Crippen MR) is 48.2 cm³/mol. The van der Waals surface area contributed by atoms with E-state index in [-0.39, 0.29) is 0 Å². The molecule has 0 atom stereocenters. The zero-order valence-corrected chi connectivity index (χ0v) is 7.26. The molecular weight excluding hydrogens is 134 g/mol. The molecule has 0 aromatic carbocycles. The van der Waals surface area contributed by atoms with E-state index in [1.165, 1.54) is 11.1 Å². The maximum atomic E-state index is 4.24. The molecule has 0 N–H and O–H groups in total. The minimum absolute atomic E-state index is 1.08. The maximum Gasteiger partial charge on any atom is 0.0658 e. The highest BCUT2D eigenvalue weighted by Gasteiger charge is 1.95. The number of pyridine rings is 1. The molecule has 0 fully saturated rings. The summed E-state index contributed by atoms with van der Waals surface area (Å²) in [4.78, 5) is 4.24. The van der Waals surface area contributed by atoms with Crippen LogP contribution in [0.2, 0.25) is 0 Å². The van der Waals surface area contributed by atoms with Gasteiger partial charge in [-0.1, -0.05) is 11.6 Å². The second kappa shape index (κ2) is 3.33. The van der Waals surface area contributed by atoms with E-state index in [0.717, 1.165) is 5.69 Å². The largest absolute Gasteiger partial charge is 0.257 e. The fourth-order valence-corrected chi connectivity index (χ4v) is 0.841. The van der Waals surface area contributed by atoms with E-state index in [4.69, 9.17) is 0 Å². The van der Waals surface area contributed by atoms with Crippen molar-refractivity contribution in [1.29, 1.82) is 0 Å². The molecule has 0 aliphatic carbocycles. The molecule has 1 heterocycles. The lowest BCUT2D eigenvalue weighted by Crippen LogP contribution is -1.85. The fraction of sp³-hybridized carbons (Fsp3) is 0.300. The molecule has 1 heteroatoms. The van der Waals surface area contributed by atoms with E-state index >= 15 is 0 Å². The first-order valence-electron chi connectivity index (χ1n) is 3.77. The van der Waals surface area contributed by atoms with Crippen LogP contribution in [0.5, 0.6) is 0 Å². The molecule has 1 aromatic rings. The Bertz CT molecular complexity index is 255. The van der Waals surface area contributed by atoms with Gasteiger partial charge in [-0.3, -0.25) is 4.98 Å². The fourth-order valence-electron chi connectivity index (χ4n) is 0.841. The quantitative estimate of drug-likeness (QED) is 0.595. The monoisotopic (exact) mass is 147 g/mol. The SMILES string of the molecule is CC(C)=C(C)c1ccccn1. The molecule has 0 amide bonds. The van der Waals surface area contributed by atoms with Gasteiger partial charge in [0.05, 0.1) is 5.69 Å². The van der Waals surface area contributed by atoms with Crippen LogP contribution in [0, 0.1) is 0 Å². The van der Waals surface area contributed by atoms with Gasteiger partial charge in [-0.05, 0) is 38.5 Å². The third-order valence-corrected chi connectivity index (χ3v) is 1.80. The average Bonchev–Trinajstić information content (AvgIpc) is 2.05. The standard InChI is InChI=1S/C10H13N/c1-8(2)9(3)10-6-4-5-7-11-10/h4-7H,1-3H3. The van der Waals surface area contributed by atoms with Crippen LogP contribution in [-0.2, 0) is 0 Å². The lowest BCUT2D eigenvalue weighted by atomic mass is 10.1. The van der Waals surface area contributed by atoms with Crippen LogP contribution in [0.4, 0.5) is 0 Å². The van der Waals surface area contributed by atoms with E-state index < -0.39 is 0 Å². The van der Waals surface area contributed by atoms with Crippen molar-refractivity contribution in [2.24, 2.45) is 0 Å². The summed E-state index contributed by atoms with van der Waals surface area (Å²) in [5, 5.41) is 0. The molecule has 0 saturated carbocycles. The van der Waals surface area contributed by atoms with Gasteiger partial charge in [-0.15, -0.1) is 0 Å². The Morgan fingerprint density at radius 3 is 2.36 bits per heavy atom. The summed E-state index contributed by atoms with van der Waals surface area (Å²) in [5.41, 5.74) is 3.67. The number of hydrogen-bond acceptors (Lipinski definition) is 1. The third-order valence-electron chi connectivity index (χ3n) is 1.80. The lowest BCUT2D eigenvalue weighted by molar-refractivity contribution is 1.24. The Morgan fingerprint density at radius 2 is 1.91 bits per heavy atom. The van der Waals surface area contributed by atoms with Crippen molar-refractivity contribution < 1.29 is 0 Å². The first-order valence-corrected chi connectivity index (χ1v) is 3.77. The van der Waals surface area contributed by atoms with E-state index in [1.54, 1.807) is 0 Å². The van der Waals surface area contributed by atoms with Gasteiger partial charge in [0, 0.05) is 6.20 Å². The molecule has 0 spiro atoms. The summed E-state index contributed by atoms with van der Waals surface area (Å²) >= 11 is 0. The summed E-state index contributed by atoms with van der Waals surface area (Å²) < 4.78 is 0. The molecule has 0 saturated heterocycles. The van der Waals surface area contributed by atoms with Crippen LogP contribution in [0.3, 0.4) is 0 Å². The Hall–Kier alpha value is -1.11. The van der Waals surface area contributed by atoms with Crippen LogP contribution in [0.25, 0.3) is 5.57 Å². The van der Waals surface area contributed by atoms with Crippen LogP contribution in [-0.4, -0.2) is 4.98 Å². The molecule has 1 rings (SSSR count). The molecule has 0 bridgehead atoms. The molecule has 1 nitrogen and oxygen atoms in total. The predicted octanol–water partition coefficient (Wildman–Crippen LogP) is 2.89. The van der Waals surface area contributed by atoms with Gasteiger partial charge in [0.15, 0.2) is 0 Å². The van der Waals surface area contributed by atoms with Gasteiger partial charge in [0.1, 0.15) is 0 Å². The lowest BCUT2D eigenvalue weighted by Gasteiger charge is -2.00. The highest BCUT2D eigenvalue weighted by molar-refractivity contribution is 5.62. The van der Waals surface area contributed by atoms with Crippen molar-refractivity contribution >= 4 is 5.57 Å². The zero-order chi connectivity index (χ0) is 8.27. The van der Waals surface area contributed by atoms with Gasteiger partial charge in [0.2, 0.25) is 0 Å². The van der Waals surface area contributed by atoms with Crippen molar-refractivity contribution in [3.05, 3.63) is 35.7 Å². The van der Waals surface area contributed by atoms with Crippen LogP contribution < -0.4 is 0 Å². The summed E-state index contributed by atoms with van der Waals surface area (Å²) in [6, 6.07) is 5.97.